The van der Waals surface area contributed by atoms with Crippen LogP contribution in [-0.2, 0) is 11.3 Å². The van der Waals surface area contributed by atoms with E-state index in [4.69, 9.17) is 4.74 Å². The molecule has 1 heteroatoms. The summed E-state index contributed by atoms with van der Waals surface area (Å²) in [7, 11) is 0. The molecule has 1 aliphatic carbocycles. The van der Waals surface area contributed by atoms with Gasteiger partial charge in [0.05, 0.1) is 6.61 Å². The molecule has 2 aromatic rings. The van der Waals surface area contributed by atoms with E-state index in [1.54, 1.807) is 0 Å². The molecule has 24 heavy (non-hydrogen) atoms. The molecular formula is C23H28O. The van der Waals surface area contributed by atoms with Crippen LogP contribution in [0, 0.1) is 0 Å². The van der Waals surface area contributed by atoms with Crippen molar-refractivity contribution in [1.82, 2.24) is 0 Å². The van der Waals surface area contributed by atoms with Crippen molar-refractivity contribution in [2.75, 3.05) is 6.61 Å². The van der Waals surface area contributed by atoms with E-state index >= 15 is 0 Å². The van der Waals surface area contributed by atoms with Crippen LogP contribution in [0.1, 0.15) is 66.7 Å². The molecule has 1 nitrogen and oxygen atoms in total. The molecule has 0 amide bonds. The Bertz CT molecular complexity index is 631. The summed E-state index contributed by atoms with van der Waals surface area (Å²) < 4.78 is 5.48. The average molecular weight is 320 g/mol. The summed E-state index contributed by atoms with van der Waals surface area (Å²) in [5.74, 6) is 1.44. The molecular weight excluding hydrogens is 292 g/mol. The Hall–Kier alpha value is -1.86. The summed E-state index contributed by atoms with van der Waals surface area (Å²) in [6.45, 7) is 7.37. The van der Waals surface area contributed by atoms with Crippen LogP contribution in [0.4, 0.5) is 0 Å². The summed E-state index contributed by atoms with van der Waals surface area (Å²) in [5, 5.41) is 0. The number of hydrogen-bond acceptors (Lipinski definition) is 1. The first-order valence-corrected chi connectivity index (χ1v) is 9.19. The molecule has 2 aromatic carbocycles. The van der Waals surface area contributed by atoms with Gasteiger partial charge in [-0.1, -0.05) is 61.2 Å². The van der Waals surface area contributed by atoms with E-state index in [1.165, 1.54) is 47.9 Å². The predicted molar refractivity (Wildman–Crippen MR) is 102 cm³/mol. The predicted octanol–water partition coefficient (Wildman–Crippen LogP) is 6.31. The molecule has 0 spiro atoms. The number of benzene rings is 2. The fourth-order valence-electron chi connectivity index (χ4n) is 3.77. The van der Waals surface area contributed by atoms with Gasteiger partial charge in [0.1, 0.15) is 0 Å². The van der Waals surface area contributed by atoms with Crippen LogP contribution in [0.5, 0.6) is 0 Å². The maximum absolute atomic E-state index is 5.48. The van der Waals surface area contributed by atoms with E-state index in [-0.39, 0.29) is 0 Å². The maximum Gasteiger partial charge on any atom is 0.0716 e. The quantitative estimate of drug-likeness (QED) is 0.606. The molecule has 3 rings (SSSR count). The number of ether oxygens (including phenoxy) is 1. The second kappa shape index (κ2) is 8.30. The van der Waals surface area contributed by atoms with Crippen molar-refractivity contribution in [3.63, 3.8) is 0 Å². The minimum atomic E-state index is 0.717. The minimum Gasteiger partial charge on any atom is -0.377 e. The van der Waals surface area contributed by atoms with Crippen molar-refractivity contribution in [1.29, 1.82) is 0 Å². The highest BCUT2D eigenvalue weighted by molar-refractivity contribution is 5.47. The molecule has 0 aliphatic heterocycles. The van der Waals surface area contributed by atoms with Crippen molar-refractivity contribution in [3.8, 4) is 0 Å². The van der Waals surface area contributed by atoms with E-state index in [1.807, 2.05) is 13.0 Å². The molecule has 0 atom stereocenters. The van der Waals surface area contributed by atoms with Gasteiger partial charge in [0, 0.05) is 6.61 Å². The zero-order valence-corrected chi connectivity index (χ0v) is 14.7. The zero-order chi connectivity index (χ0) is 16.8. The van der Waals surface area contributed by atoms with Gasteiger partial charge in [-0.05, 0) is 66.7 Å². The van der Waals surface area contributed by atoms with Crippen LogP contribution in [0.3, 0.4) is 0 Å². The van der Waals surface area contributed by atoms with E-state index in [2.05, 4.69) is 55.1 Å². The summed E-state index contributed by atoms with van der Waals surface area (Å²) in [4.78, 5) is 0. The lowest BCUT2D eigenvalue weighted by Gasteiger charge is -2.29. The third-order valence-electron chi connectivity index (χ3n) is 5.29. The molecule has 0 saturated heterocycles. The molecule has 0 heterocycles. The van der Waals surface area contributed by atoms with Crippen molar-refractivity contribution in [2.45, 2.75) is 51.0 Å². The van der Waals surface area contributed by atoms with Crippen molar-refractivity contribution < 1.29 is 4.74 Å². The molecule has 0 bridgehead atoms. The summed E-state index contributed by atoms with van der Waals surface area (Å²) >= 11 is 0. The van der Waals surface area contributed by atoms with Crippen molar-refractivity contribution in [2.24, 2.45) is 0 Å². The van der Waals surface area contributed by atoms with Crippen molar-refractivity contribution in [3.05, 3.63) is 77.4 Å². The summed E-state index contributed by atoms with van der Waals surface area (Å²) in [6, 6.07) is 18.0. The highest BCUT2D eigenvalue weighted by atomic mass is 16.5. The first kappa shape index (κ1) is 17.0. The zero-order valence-electron chi connectivity index (χ0n) is 14.7. The lowest BCUT2D eigenvalue weighted by molar-refractivity contribution is 0.134. The van der Waals surface area contributed by atoms with E-state index in [0.717, 1.165) is 25.0 Å². The van der Waals surface area contributed by atoms with Gasteiger partial charge in [-0.15, -0.1) is 0 Å². The fraction of sp³-hybridized carbons (Fsp3) is 0.391. The highest BCUT2D eigenvalue weighted by Crippen LogP contribution is 2.40. The maximum atomic E-state index is 5.48. The minimum absolute atomic E-state index is 0.717. The molecule has 0 aromatic heterocycles. The topological polar surface area (TPSA) is 9.23 Å². The monoisotopic (exact) mass is 320 g/mol. The SMILES string of the molecule is C=Cc1ccc(C2CCC(c3ccc(COCC)cc3)CC2)cc1. The van der Waals surface area contributed by atoms with Gasteiger partial charge in [0.25, 0.3) is 0 Å². The van der Waals surface area contributed by atoms with Gasteiger partial charge < -0.3 is 4.74 Å². The summed E-state index contributed by atoms with van der Waals surface area (Å²) in [6.07, 6.45) is 7.07. The molecule has 0 radical (unpaired) electrons. The molecule has 0 N–H and O–H groups in total. The van der Waals surface area contributed by atoms with Gasteiger partial charge >= 0.3 is 0 Å². The second-order valence-corrected chi connectivity index (χ2v) is 6.80. The molecule has 1 aliphatic rings. The first-order valence-electron chi connectivity index (χ1n) is 9.19. The highest BCUT2D eigenvalue weighted by Gasteiger charge is 2.23. The Labute approximate surface area is 146 Å². The van der Waals surface area contributed by atoms with E-state index in [9.17, 15) is 0 Å². The molecule has 1 saturated carbocycles. The van der Waals surface area contributed by atoms with Crippen LogP contribution >= 0.6 is 0 Å². The smallest absolute Gasteiger partial charge is 0.0716 e. The Morgan fingerprint density at radius 2 is 1.38 bits per heavy atom. The average Bonchev–Trinajstić information content (AvgIpc) is 2.67. The normalized spacial score (nSPS) is 20.7. The second-order valence-electron chi connectivity index (χ2n) is 6.80. The number of rotatable bonds is 6. The largest absolute Gasteiger partial charge is 0.377 e. The standard InChI is InChI=1S/C23H28O/c1-3-18-5-9-20(10-6-18)22-13-15-23(16-14-22)21-11-7-19(8-12-21)17-24-4-2/h3,5-12,22-23H,1,4,13-17H2,2H3. The Morgan fingerprint density at radius 3 is 1.83 bits per heavy atom. The molecule has 0 unspecified atom stereocenters. The van der Waals surface area contributed by atoms with Crippen LogP contribution in [-0.4, -0.2) is 6.61 Å². The Kier molecular flexibility index (Phi) is 5.87. The Morgan fingerprint density at radius 1 is 0.875 bits per heavy atom. The van der Waals surface area contributed by atoms with Crippen molar-refractivity contribution >= 4 is 6.08 Å². The van der Waals surface area contributed by atoms with Gasteiger partial charge in [0.2, 0.25) is 0 Å². The van der Waals surface area contributed by atoms with Crippen LogP contribution in [0.2, 0.25) is 0 Å². The van der Waals surface area contributed by atoms with E-state index in [0.29, 0.717) is 0 Å². The van der Waals surface area contributed by atoms with Gasteiger partial charge in [-0.25, -0.2) is 0 Å². The van der Waals surface area contributed by atoms with Crippen LogP contribution in [0.25, 0.3) is 6.08 Å². The number of hydrogen-bond donors (Lipinski definition) is 0. The third-order valence-corrected chi connectivity index (χ3v) is 5.29. The fourth-order valence-corrected chi connectivity index (χ4v) is 3.77. The molecule has 126 valence electrons. The lowest BCUT2D eigenvalue weighted by Crippen LogP contribution is -2.12. The van der Waals surface area contributed by atoms with Crippen LogP contribution in [0.15, 0.2) is 55.1 Å². The summed E-state index contributed by atoms with van der Waals surface area (Å²) in [5.41, 5.74) is 5.47. The van der Waals surface area contributed by atoms with Crippen LogP contribution < -0.4 is 0 Å². The lowest BCUT2D eigenvalue weighted by atomic mass is 9.76. The van der Waals surface area contributed by atoms with Gasteiger partial charge in [0.15, 0.2) is 0 Å². The van der Waals surface area contributed by atoms with Gasteiger partial charge in [-0.3, -0.25) is 0 Å². The molecule has 1 fully saturated rings. The Balaban J connectivity index is 1.57. The van der Waals surface area contributed by atoms with Gasteiger partial charge in [-0.2, -0.15) is 0 Å². The first-order chi connectivity index (χ1) is 11.8. The third kappa shape index (κ3) is 4.15. The van der Waals surface area contributed by atoms with E-state index < -0.39 is 0 Å².